The molecule has 0 atom stereocenters. The smallest absolute Gasteiger partial charge is 0.263 e. The molecule has 0 heterocycles. The third kappa shape index (κ3) is 3.88. The summed E-state index contributed by atoms with van der Waals surface area (Å²) in [5, 5.41) is 0.0571. The molecule has 7 heteroatoms. The van der Waals surface area contributed by atoms with E-state index in [-0.39, 0.29) is 21.4 Å². The van der Waals surface area contributed by atoms with Gasteiger partial charge in [0.05, 0.1) is 5.02 Å². The van der Waals surface area contributed by atoms with Gasteiger partial charge >= 0.3 is 0 Å². The Kier molecular flexibility index (Phi) is 5.20. The number of hydrogen-bond acceptors (Lipinski definition) is 3. The second kappa shape index (κ2) is 6.83. The first-order valence-corrected chi connectivity index (χ1v) is 9.09. The van der Waals surface area contributed by atoms with E-state index in [0.29, 0.717) is 5.69 Å². The Hall–Kier alpha value is -2.05. The molecule has 1 amide bonds. The Labute approximate surface area is 147 Å². The molecule has 24 heavy (non-hydrogen) atoms. The highest BCUT2D eigenvalue weighted by molar-refractivity contribution is 7.92. The Morgan fingerprint density at radius 1 is 1.04 bits per heavy atom. The average Bonchev–Trinajstić information content (AvgIpc) is 2.50. The van der Waals surface area contributed by atoms with Crippen molar-refractivity contribution in [1.29, 1.82) is 0 Å². The fourth-order valence-corrected chi connectivity index (χ4v) is 3.69. The second-order valence-electron chi connectivity index (χ2n) is 5.75. The summed E-state index contributed by atoms with van der Waals surface area (Å²) in [6.07, 6.45) is 0. The molecule has 2 aromatic carbocycles. The first-order chi connectivity index (χ1) is 11.1. The zero-order valence-corrected chi connectivity index (χ0v) is 15.5. The highest BCUT2D eigenvalue weighted by Crippen LogP contribution is 2.26. The molecule has 0 bridgehead atoms. The minimum Gasteiger partial charge on any atom is -0.345 e. The van der Waals surface area contributed by atoms with Crippen LogP contribution in [0, 0.1) is 13.8 Å². The maximum Gasteiger partial charge on any atom is 0.263 e. The van der Waals surface area contributed by atoms with Crippen molar-refractivity contribution < 1.29 is 13.2 Å². The molecule has 0 aliphatic heterocycles. The zero-order valence-electron chi connectivity index (χ0n) is 13.9. The van der Waals surface area contributed by atoms with E-state index in [1.54, 1.807) is 26.2 Å². The Bertz CT molecular complexity index is 893. The van der Waals surface area contributed by atoms with E-state index in [2.05, 4.69) is 4.72 Å². The molecule has 0 radical (unpaired) electrons. The lowest BCUT2D eigenvalue weighted by Gasteiger charge is -2.14. The molecule has 0 spiro atoms. The molecule has 0 saturated carbocycles. The molecule has 2 rings (SSSR count). The highest BCUT2D eigenvalue weighted by Gasteiger charge is 2.21. The number of sulfonamides is 1. The van der Waals surface area contributed by atoms with Gasteiger partial charge in [-0.3, -0.25) is 9.52 Å². The monoisotopic (exact) mass is 366 g/mol. The average molecular weight is 367 g/mol. The number of halogens is 1. The minimum absolute atomic E-state index is 0.0571. The van der Waals surface area contributed by atoms with Crippen molar-refractivity contribution in [3.63, 3.8) is 0 Å². The number of carbonyl (C=O) groups excluding carboxylic acids is 1. The van der Waals surface area contributed by atoms with E-state index in [4.69, 9.17) is 11.6 Å². The maximum atomic E-state index is 12.6. The van der Waals surface area contributed by atoms with Crippen LogP contribution in [0.15, 0.2) is 41.3 Å². The van der Waals surface area contributed by atoms with Crippen LogP contribution in [0.25, 0.3) is 0 Å². The molecule has 128 valence electrons. The lowest BCUT2D eigenvalue weighted by atomic mass is 10.1. The molecule has 0 aliphatic carbocycles. The fraction of sp³-hybridized carbons (Fsp3) is 0.235. The van der Waals surface area contributed by atoms with Gasteiger partial charge in [-0.2, -0.15) is 0 Å². The molecule has 2 aromatic rings. The number of benzene rings is 2. The van der Waals surface area contributed by atoms with E-state index in [1.807, 2.05) is 19.9 Å². The zero-order chi connectivity index (χ0) is 18.1. The van der Waals surface area contributed by atoms with Crippen molar-refractivity contribution in [3.05, 3.63) is 58.1 Å². The number of aryl methyl sites for hydroxylation is 2. The van der Waals surface area contributed by atoms with Gasteiger partial charge in [-0.05, 0) is 55.3 Å². The van der Waals surface area contributed by atoms with Crippen LogP contribution in [-0.2, 0) is 10.0 Å². The van der Waals surface area contributed by atoms with E-state index in [9.17, 15) is 13.2 Å². The fourth-order valence-electron chi connectivity index (χ4n) is 2.12. The van der Waals surface area contributed by atoms with Gasteiger partial charge in [0.2, 0.25) is 0 Å². The SMILES string of the molecule is Cc1ccc(NS(=O)(=O)c2cc(C(=O)N(C)C)ccc2Cl)cc1C. The van der Waals surface area contributed by atoms with Crippen LogP contribution in [0.3, 0.4) is 0 Å². The van der Waals surface area contributed by atoms with Crippen LogP contribution < -0.4 is 4.72 Å². The van der Waals surface area contributed by atoms with Crippen molar-refractivity contribution in [3.8, 4) is 0 Å². The molecular weight excluding hydrogens is 348 g/mol. The normalized spacial score (nSPS) is 11.2. The van der Waals surface area contributed by atoms with Crippen LogP contribution in [0.4, 0.5) is 5.69 Å². The maximum absolute atomic E-state index is 12.6. The van der Waals surface area contributed by atoms with E-state index < -0.39 is 10.0 Å². The van der Waals surface area contributed by atoms with E-state index in [0.717, 1.165) is 11.1 Å². The molecule has 5 nitrogen and oxygen atoms in total. The third-order valence-corrected chi connectivity index (χ3v) is 5.50. The van der Waals surface area contributed by atoms with Gasteiger partial charge in [0.15, 0.2) is 0 Å². The Morgan fingerprint density at radius 2 is 1.71 bits per heavy atom. The van der Waals surface area contributed by atoms with Crippen molar-refractivity contribution >= 4 is 33.2 Å². The van der Waals surface area contributed by atoms with Crippen LogP contribution >= 0.6 is 11.6 Å². The molecule has 1 N–H and O–H groups in total. The predicted octanol–water partition coefficient (Wildman–Crippen LogP) is 3.46. The highest BCUT2D eigenvalue weighted by atomic mass is 35.5. The van der Waals surface area contributed by atoms with Crippen molar-refractivity contribution in [2.45, 2.75) is 18.7 Å². The number of carbonyl (C=O) groups is 1. The summed E-state index contributed by atoms with van der Waals surface area (Å²) in [5.41, 5.74) is 2.73. The van der Waals surface area contributed by atoms with Crippen molar-refractivity contribution in [1.82, 2.24) is 4.90 Å². The number of hydrogen-bond donors (Lipinski definition) is 1. The van der Waals surface area contributed by atoms with Gasteiger partial charge in [-0.25, -0.2) is 8.42 Å². The van der Waals surface area contributed by atoms with Crippen molar-refractivity contribution in [2.24, 2.45) is 0 Å². The third-order valence-electron chi connectivity index (χ3n) is 3.63. The minimum atomic E-state index is -3.91. The van der Waals surface area contributed by atoms with Crippen LogP contribution in [-0.4, -0.2) is 33.3 Å². The molecule has 0 unspecified atom stereocenters. The summed E-state index contributed by atoms with van der Waals surface area (Å²) >= 11 is 6.04. The van der Waals surface area contributed by atoms with Crippen LogP contribution in [0.5, 0.6) is 0 Å². The summed E-state index contributed by atoms with van der Waals surface area (Å²) in [7, 11) is -0.717. The summed E-state index contributed by atoms with van der Waals surface area (Å²) in [6.45, 7) is 3.84. The molecule has 0 saturated heterocycles. The topological polar surface area (TPSA) is 66.5 Å². The number of rotatable bonds is 4. The molecule has 0 fully saturated rings. The standard InChI is InChI=1S/C17H19ClN2O3S/c1-11-5-7-14(9-12(11)2)19-24(22,23)16-10-13(6-8-15(16)18)17(21)20(3)4/h5-10,19H,1-4H3. The van der Waals surface area contributed by atoms with Crippen LogP contribution in [0.2, 0.25) is 5.02 Å². The number of anilines is 1. The van der Waals surface area contributed by atoms with Crippen molar-refractivity contribution in [2.75, 3.05) is 18.8 Å². The number of amides is 1. The number of nitrogens with zero attached hydrogens (tertiary/aromatic N) is 1. The Morgan fingerprint density at radius 3 is 2.29 bits per heavy atom. The molecular formula is C17H19ClN2O3S. The van der Waals surface area contributed by atoms with Gasteiger partial charge in [0.1, 0.15) is 4.90 Å². The lowest BCUT2D eigenvalue weighted by Crippen LogP contribution is -2.22. The Balaban J connectivity index is 2.43. The van der Waals surface area contributed by atoms with Crippen LogP contribution in [0.1, 0.15) is 21.5 Å². The second-order valence-corrected chi connectivity index (χ2v) is 7.81. The summed E-state index contributed by atoms with van der Waals surface area (Å²) in [6, 6.07) is 9.46. The van der Waals surface area contributed by atoms with Gasteiger partial charge < -0.3 is 4.90 Å². The summed E-state index contributed by atoms with van der Waals surface area (Å²) in [5.74, 6) is -0.297. The predicted molar refractivity (Wildman–Crippen MR) is 96.2 cm³/mol. The summed E-state index contributed by atoms with van der Waals surface area (Å²) < 4.78 is 27.8. The van der Waals surface area contributed by atoms with E-state index >= 15 is 0 Å². The summed E-state index contributed by atoms with van der Waals surface area (Å²) in [4.78, 5) is 13.3. The molecule has 0 aromatic heterocycles. The van der Waals surface area contributed by atoms with Gasteiger partial charge in [-0.15, -0.1) is 0 Å². The first-order valence-electron chi connectivity index (χ1n) is 7.23. The van der Waals surface area contributed by atoms with Gasteiger partial charge in [0, 0.05) is 25.3 Å². The molecule has 0 aliphatic rings. The van der Waals surface area contributed by atoms with Gasteiger partial charge in [0.25, 0.3) is 15.9 Å². The quantitative estimate of drug-likeness (QED) is 0.901. The van der Waals surface area contributed by atoms with Gasteiger partial charge in [-0.1, -0.05) is 17.7 Å². The van der Waals surface area contributed by atoms with E-state index in [1.165, 1.54) is 23.1 Å². The largest absolute Gasteiger partial charge is 0.345 e. The number of nitrogens with one attached hydrogen (secondary N) is 1. The first kappa shape index (κ1) is 18.3. The lowest BCUT2D eigenvalue weighted by molar-refractivity contribution is 0.0827.